The zero-order valence-electron chi connectivity index (χ0n) is 12.5. The van der Waals surface area contributed by atoms with Crippen LogP contribution >= 0.6 is 11.6 Å². The van der Waals surface area contributed by atoms with E-state index in [0.717, 1.165) is 11.1 Å². The van der Waals surface area contributed by atoms with Gasteiger partial charge in [0, 0.05) is 5.02 Å². The van der Waals surface area contributed by atoms with Gasteiger partial charge in [0.25, 0.3) is 0 Å². The van der Waals surface area contributed by atoms with Crippen LogP contribution in [0.2, 0.25) is 5.02 Å². The number of rotatable bonds is 3. The van der Waals surface area contributed by atoms with Crippen LogP contribution in [0.5, 0.6) is 0 Å². The largest absolute Gasteiger partial charge is 0.445 e. The van der Waals surface area contributed by atoms with Crippen LogP contribution in [-0.2, 0) is 11.3 Å². The number of alkyl carbamates (subject to hydrolysis) is 1. The highest BCUT2D eigenvalue weighted by molar-refractivity contribution is 6.31. The van der Waals surface area contributed by atoms with Gasteiger partial charge >= 0.3 is 6.09 Å². The summed E-state index contributed by atoms with van der Waals surface area (Å²) in [4.78, 5) is 11.5. The molecule has 0 heterocycles. The van der Waals surface area contributed by atoms with Crippen molar-refractivity contribution < 1.29 is 13.9 Å². The van der Waals surface area contributed by atoms with Gasteiger partial charge in [0.2, 0.25) is 0 Å². The molecule has 1 amide bonds. The molecule has 0 aliphatic carbocycles. The maximum Gasteiger partial charge on any atom is 0.408 e. The average Bonchev–Trinajstić information content (AvgIpc) is 2.55. The lowest BCUT2D eigenvalue weighted by atomic mass is 10.1. The summed E-state index contributed by atoms with van der Waals surface area (Å²) in [7, 11) is 0. The molecule has 0 fully saturated rings. The highest BCUT2D eigenvalue weighted by Crippen LogP contribution is 2.19. The van der Waals surface area contributed by atoms with Crippen molar-refractivity contribution >= 4 is 17.7 Å². The van der Waals surface area contributed by atoms with Gasteiger partial charge < -0.3 is 10.1 Å². The number of nitrogens with one attached hydrogen (secondary N) is 1. The number of carbonyl (C=O) groups excluding carboxylic acids is 1. The summed E-state index contributed by atoms with van der Waals surface area (Å²) in [6, 6.07) is 12.1. The molecule has 0 aliphatic heterocycles. The summed E-state index contributed by atoms with van der Waals surface area (Å²) in [6.45, 7) is 2.02. The molecule has 0 bridgehead atoms. The second-order valence-corrected chi connectivity index (χ2v) is 5.21. The summed E-state index contributed by atoms with van der Waals surface area (Å²) >= 11 is 5.81. The first-order valence-electron chi connectivity index (χ1n) is 6.95. The second-order valence-electron chi connectivity index (χ2n) is 4.80. The molecule has 1 N–H and O–H groups in total. The van der Waals surface area contributed by atoms with Crippen molar-refractivity contribution in [2.24, 2.45) is 0 Å². The van der Waals surface area contributed by atoms with Crippen LogP contribution in [0.1, 0.15) is 16.7 Å². The Morgan fingerprint density at radius 2 is 2.04 bits per heavy atom. The summed E-state index contributed by atoms with van der Waals surface area (Å²) in [5.41, 5.74) is 1.88. The van der Waals surface area contributed by atoms with E-state index >= 15 is 0 Å². The number of hydrogen-bond acceptors (Lipinski definition) is 2. The van der Waals surface area contributed by atoms with Gasteiger partial charge in [0.05, 0.1) is 12.1 Å². The van der Waals surface area contributed by atoms with Crippen LogP contribution < -0.4 is 5.32 Å². The van der Waals surface area contributed by atoms with Crippen molar-refractivity contribution in [3.05, 3.63) is 70.0 Å². The van der Waals surface area contributed by atoms with E-state index in [1.54, 1.807) is 13.0 Å². The minimum absolute atomic E-state index is 0.0642. The van der Waals surface area contributed by atoms with Crippen LogP contribution in [0.15, 0.2) is 42.5 Å². The zero-order valence-corrected chi connectivity index (χ0v) is 13.3. The Hall–Kier alpha value is -2.51. The van der Waals surface area contributed by atoms with Gasteiger partial charge in [-0.1, -0.05) is 53.8 Å². The Balaban J connectivity index is 1.81. The molecule has 2 rings (SSSR count). The summed E-state index contributed by atoms with van der Waals surface area (Å²) in [5.74, 6) is 4.84. The predicted octanol–water partition coefficient (Wildman–Crippen LogP) is 4.07. The van der Waals surface area contributed by atoms with Crippen LogP contribution in [0.25, 0.3) is 0 Å². The first kappa shape index (κ1) is 16.9. The first-order chi connectivity index (χ1) is 11.1. The Morgan fingerprint density at radius 1 is 1.30 bits per heavy atom. The molecule has 3 nitrogen and oxygen atoms in total. The van der Waals surface area contributed by atoms with E-state index in [2.05, 4.69) is 17.2 Å². The Morgan fingerprint density at radius 3 is 2.78 bits per heavy atom. The lowest BCUT2D eigenvalue weighted by Crippen LogP contribution is -2.24. The molecule has 0 saturated heterocycles. The number of amides is 1. The zero-order chi connectivity index (χ0) is 16.7. The second kappa shape index (κ2) is 8.21. The highest BCUT2D eigenvalue weighted by atomic mass is 35.5. The maximum atomic E-state index is 13.6. The van der Waals surface area contributed by atoms with Gasteiger partial charge in [0.1, 0.15) is 12.4 Å². The molecular formula is C18H15ClFNO2. The number of ether oxygens (including phenoxy) is 1. The first-order valence-corrected chi connectivity index (χ1v) is 7.33. The van der Waals surface area contributed by atoms with E-state index in [4.69, 9.17) is 16.3 Å². The van der Waals surface area contributed by atoms with Crippen molar-refractivity contribution in [3.8, 4) is 11.8 Å². The summed E-state index contributed by atoms with van der Waals surface area (Å²) in [6.07, 6.45) is -0.573. The van der Waals surface area contributed by atoms with Gasteiger partial charge in [-0.25, -0.2) is 9.18 Å². The third-order valence-electron chi connectivity index (χ3n) is 3.01. The molecule has 23 heavy (non-hydrogen) atoms. The fourth-order valence-electron chi connectivity index (χ4n) is 1.78. The van der Waals surface area contributed by atoms with Gasteiger partial charge in [0.15, 0.2) is 0 Å². The van der Waals surface area contributed by atoms with Crippen molar-refractivity contribution in [1.29, 1.82) is 0 Å². The third kappa shape index (κ3) is 5.32. The predicted molar refractivity (Wildman–Crippen MR) is 87.7 cm³/mol. The van der Waals surface area contributed by atoms with E-state index < -0.39 is 11.9 Å². The monoisotopic (exact) mass is 331 g/mol. The van der Waals surface area contributed by atoms with E-state index in [-0.39, 0.29) is 18.7 Å². The van der Waals surface area contributed by atoms with E-state index in [1.807, 2.05) is 30.3 Å². The molecule has 0 aliphatic rings. The van der Waals surface area contributed by atoms with Crippen LogP contribution in [0, 0.1) is 24.6 Å². The molecule has 0 saturated carbocycles. The van der Waals surface area contributed by atoms with E-state index in [9.17, 15) is 9.18 Å². The van der Waals surface area contributed by atoms with Crippen LogP contribution in [0.4, 0.5) is 9.18 Å². The standard InChI is InChI=1S/C18H15ClFNO2/c1-13-10-15(17(20)11-16(13)19)8-5-9-21-18(22)23-12-14-6-3-2-4-7-14/h2-4,6-7,10-11H,9,12H2,1H3,(H,21,22). The molecule has 0 aromatic heterocycles. The Bertz CT molecular complexity index is 751. The minimum atomic E-state index is -0.573. The molecule has 0 atom stereocenters. The Kier molecular flexibility index (Phi) is 6.02. The van der Waals surface area contributed by atoms with Gasteiger partial charge in [-0.3, -0.25) is 0 Å². The van der Waals surface area contributed by atoms with Gasteiger partial charge in [-0.2, -0.15) is 0 Å². The fraction of sp³-hybridized carbons (Fsp3) is 0.167. The van der Waals surface area contributed by atoms with Crippen molar-refractivity contribution in [2.45, 2.75) is 13.5 Å². The highest BCUT2D eigenvalue weighted by Gasteiger charge is 2.04. The number of hydrogen-bond donors (Lipinski definition) is 1. The number of benzene rings is 2. The summed E-state index contributed by atoms with van der Waals surface area (Å²) < 4.78 is 18.7. The minimum Gasteiger partial charge on any atom is -0.445 e. The average molecular weight is 332 g/mol. The number of halogens is 2. The number of carbonyl (C=O) groups is 1. The molecule has 0 radical (unpaired) electrons. The molecule has 2 aromatic carbocycles. The maximum absolute atomic E-state index is 13.6. The topological polar surface area (TPSA) is 38.3 Å². The number of aryl methyl sites for hydroxylation is 1. The van der Waals surface area contributed by atoms with Gasteiger partial charge in [-0.15, -0.1) is 0 Å². The van der Waals surface area contributed by atoms with E-state index in [1.165, 1.54) is 6.07 Å². The van der Waals surface area contributed by atoms with Crippen molar-refractivity contribution in [1.82, 2.24) is 5.32 Å². The molecule has 118 valence electrons. The molecule has 0 spiro atoms. The van der Waals surface area contributed by atoms with E-state index in [0.29, 0.717) is 5.02 Å². The molecule has 5 heteroatoms. The normalized spacial score (nSPS) is 9.70. The molecular weight excluding hydrogens is 317 g/mol. The quantitative estimate of drug-likeness (QED) is 0.861. The fourth-order valence-corrected chi connectivity index (χ4v) is 1.93. The SMILES string of the molecule is Cc1cc(C#CCNC(=O)OCc2ccccc2)c(F)cc1Cl. The Labute approximate surface area is 139 Å². The molecule has 0 unspecified atom stereocenters. The van der Waals surface area contributed by atoms with Gasteiger partial charge in [-0.05, 0) is 30.2 Å². The van der Waals surface area contributed by atoms with Crippen LogP contribution in [0.3, 0.4) is 0 Å². The smallest absolute Gasteiger partial charge is 0.408 e. The van der Waals surface area contributed by atoms with Crippen molar-refractivity contribution in [3.63, 3.8) is 0 Å². The van der Waals surface area contributed by atoms with Crippen LogP contribution in [-0.4, -0.2) is 12.6 Å². The van der Waals surface area contributed by atoms with Crippen molar-refractivity contribution in [2.75, 3.05) is 6.54 Å². The third-order valence-corrected chi connectivity index (χ3v) is 3.41. The lowest BCUT2D eigenvalue weighted by molar-refractivity contribution is 0.141. The molecule has 2 aromatic rings. The lowest BCUT2D eigenvalue weighted by Gasteiger charge is -2.04. The summed E-state index contributed by atoms with van der Waals surface area (Å²) in [5, 5.41) is 2.84.